The van der Waals surface area contributed by atoms with Crippen molar-refractivity contribution >= 4 is 11.8 Å². The number of nitrogens with one attached hydrogen (secondary N) is 1. The molecule has 0 bridgehead atoms. The molecular weight excluding hydrogens is 164 g/mol. The van der Waals surface area contributed by atoms with Crippen molar-refractivity contribution in [2.24, 2.45) is 5.73 Å². The highest BCUT2D eigenvalue weighted by Gasteiger charge is 1.94. The first-order valence-electron chi connectivity index (χ1n) is 3.08. The minimum Gasteiger partial charge on any atom is -0.330 e. The van der Waals surface area contributed by atoms with Gasteiger partial charge in [-0.25, -0.2) is 0 Å². The third kappa shape index (κ3) is 2.69. The predicted molar refractivity (Wildman–Crippen MR) is 42.4 cm³/mol. The Bertz CT molecular complexity index is 273. The zero-order valence-electron chi connectivity index (χ0n) is 5.78. The molecule has 0 atom stereocenters. The van der Waals surface area contributed by atoms with E-state index in [2.05, 4.69) is 15.2 Å². The molecule has 0 spiro atoms. The number of hydrogen-bond donors (Lipinski definition) is 2. The van der Waals surface area contributed by atoms with Gasteiger partial charge < -0.3 is 5.73 Å². The summed E-state index contributed by atoms with van der Waals surface area (Å²) in [6.45, 7) is 0.559. The zero-order valence-corrected chi connectivity index (χ0v) is 6.60. The summed E-state index contributed by atoms with van der Waals surface area (Å²) < 4.78 is 0. The van der Waals surface area contributed by atoms with Crippen LogP contribution < -0.4 is 11.3 Å². The second-order valence-electron chi connectivity index (χ2n) is 1.78. The molecule has 11 heavy (non-hydrogen) atoms. The summed E-state index contributed by atoms with van der Waals surface area (Å²) in [5, 5.41) is 7.68. The maximum absolute atomic E-state index is 10.7. The molecule has 0 radical (unpaired) electrons. The SMILES string of the molecule is NCCSc1nncc(=O)[nH]1. The third-order valence-electron chi connectivity index (χ3n) is 0.910. The van der Waals surface area contributed by atoms with Crippen molar-refractivity contribution in [3.63, 3.8) is 0 Å². The number of nitrogens with zero attached hydrogens (tertiary/aromatic N) is 2. The predicted octanol–water partition coefficient (Wildman–Crippen LogP) is -0.784. The maximum Gasteiger partial charge on any atom is 0.270 e. The lowest BCUT2D eigenvalue weighted by molar-refractivity contribution is 0.816. The first kappa shape index (κ1) is 8.22. The van der Waals surface area contributed by atoms with Crippen LogP contribution in [-0.2, 0) is 0 Å². The molecule has 0 aliphatic carbocycles. The van der Waals surface area contributed by atoms with Gasteiger partial charge in [0.15, 0.2) is 5.16 Å². The average Bonchev–Trinajstić information content (AvgIpc) is 2.01. The van der Waals surface area contributed by atoms with Crippen molar-refractivity contribution < 1.29 is 0 Å². The van der Waals surface area contributed by atoms with Gasteiger partial charge in [-0.1, -0.05) is 11.8 Å². The van der Waals surface area contributed by atoms with Crippen LogP contribution in [0.5, 0.6) is 0 Å². The summed E-state index contributed by atoms with van der Waals surface area (Å²) in [4.78, 5) is 13.2. The Morgan fingerprint density at radius 3 is 3.18 bits per heavy atom. The molecule has 0 saturated carbocycles. The van der Waals surface area contributed by atoms with E-state index in [9.17, 15) is 4.79 Å². The normalized spacial score (nSPS) is 9.91. The molecule has 1 aromatic rings. The van der Waals surface area contributed by atoms with Crippen LogP contribution in [0.1, 0.15) is 0 Å². The van der Waals surface area contributed by atoms with E-state index in [1.807, 2.05) is 0 Å². The molecule has 0 amide bonds. The van der Waals surface area contributed by atoms with Gasteiger partial charge in [0.25, 0.3) is 5.56 Å². The van der Waals surface area contributed by atoms with Crippen molar-refractivity contribution in [2.45, 2.75) is 5.16 Å². The lowest BCUT2D eigenvalue weighted by atomic mass is 10.8. The van der Waals surface area contributed by atoms with E-state index in [4.69, 9.17) is 5.73 Å². The Labute approximate surface area is 67.4 Å². The number of nitrogens with two attached hydrogens (primary N) is 1. The summed E-state index contributed by atoms with van der Waals surface area (Å²) in [5.74, 6) is 0.731. The molecule has 0 aliphatic rings. The van der Waals surface area contributed by atoms with E-state index >= 15 is 0 Å². The second kappa shape index (κ2) is 4.09. The van der Waals surface area contributed by atoms with Crippen LogP contribution in [0.4, 0.5) is 0 Å². The van der Waals surface area contributed by atoms with E-state index < -0.39 is 0 Å². The summed E-state index contributed by atoms with van der Waals surface area (Å²) in [6, 6.07) is 0. The first-order chi connectivity index (χ1) is 5.33. The molecular formula is C5H8N4OS. The Kier molecular flexibility index (Phi) is 3.06. The van der Waals surface area contributed by atoms with Gasteiger partial charge in [0, 0.05) is 12.3 Å². The molecule has 1 heterocycles. The molecule has 6 heteroatoms. The van der Waals surface area contributed by atoms with Gasteiger partial charge >= 0.3 is 0 Å². The van der Waals surface area contributed by atoms with Gasteiger partial charge in [0.2, 0.25) is 0 Å². The Morgan fingerprint density at radius 2 is 2.55 bits per heavy atom. The zero-order chi connectivity index (χ0) is 8.10. The summed E-state index contributed by atoms with van der Waals surface area (Å²) in [6.07, 6.45) is 1.13. The van der Waals surface area contributed by atoms with Crippen LogP contribution in [0.3, 0.4) is 0 Å². The topological polar surface area (TPSA) is 84.7 Å². The van der Waals surface area contributed by atoms with Crippen molar-refractivity contribution in [3.8, 4) is 0 Å². The highest BCUT2D eigenvalue weighted by Crippen LogP contribution is 2.06. The molecule has 0 aromatic carbocycles. The molecule has 5 nitrogen and oxygen atoms in total. The van der Waals surface area contributed by atoms with Crippen molar-refractivity contribution in [1.29, 1.82) is 0 Å². The molecule has 0 aliphatic heterocycles. The van der Waals surface area contributed by atoms with Crippen LogP contribution >= 0.6 is 11.8 Å². The molecule has 3 N–H and O–H groups in total. The van der Waals surface area contributed by atoms with Crippen LogP contribution in [0, 0.1) is 0 Å². The van der Waals surface area contributed by atoms with Gasteiger partial charge in [-0.3, -0.25) is 9.78 Å². The highest BCUT2D eigenvalue weighted by atomic mass is 32.2. The van der Waals surface area contributed by atoms with E-state index in [1.165, 1.54) is 11.8 Å². The van der Waals surface area contributed by atoms with Gasteiger partial charge in [-0.15, -0.1) is 5.10 Å². The average molecular weight is 172 g/mol. The summed E-state index contributed by atoms with van der Waals surface area (Å²) in [7, 11) is 0. The van der Waals surface area contributed by atoms with E-state index in [0.717, 1.165) is 11.9 Å². The van der Waals surface area contributed by atoms with Gasteiger partial charge in [-0.05, 0) is 0 Å². The molecule has 0 fully saturated rings. The quantitative estimate of drug-likeness (QED) is 0.584. The monoisotopic (exact) mass is 172 g/mol. The first-order valence-corrected chi connectivity index (χ1v) is 4.06. The Morgan fingerprint density at radius 1 is 1.73 bits per heavy atom. The summed E-state index contributed by atoms with van der Waals surface area (Å²) >= 11 is 1.38. The fourth-order valence-electron chi connectivity index (χ4n) is 0.517. The van der Waals surface area contributed by atoms with Gasteiger partial charge in [0.05, 0.1) is 0 Å². The standard InChI is InChI=1S/C5H8N4OS/c6-1-2-11-5-8-4(10)3-7-9-5/h3H,1-2,6H2,(H,8,9,10). The molecule has 0 saturated heterocycles. The Hall–Kier alpha value is -0.880. The van der Waals surface area contributed by atoms with E-state index in [-0.39, 0.29) is 5.56 Å². The highest BCUT2D eigenvalue weighted by molar-refractivity contribution is 7.99. The van der Waals surface area contributed by atoms with E-state index in [1.54, 1.807) is 0 Å². The van der Waals surface area contributed by atoms with E-state index in [0.29, 0.717) is 11.7 Å². The Balaban J connectivity index is 2.64. The minimum atomic E-state index is -0.237. The van der Waals surface area contributed by atoms with Crippen LogP contribution in [0.25, 0.3) is 0 Å². The number of hydrogen-bond acceptors (Lipinski definition) is 5. The molecule has 60 valence electrons. The minimum absolute atomic E-state index is 0.237. The van der Waals surface area contributed by atoms with Crippen molar-refractivity contribution in [2.75, 3.05) is 12.3 Å². The lowest BCUT2D eigenvalue weighted by Gasteiger charge is -1.94. The number of aromatic nitrogens is 3. The number of rotatable bonds is 3. The van der Waals surface area contributed by atoms with Crippen LogP contribution in [-0.4, -0.2) is 27.5 Å². The molecule has 1 aromatic heterocycles. The van der Waals surface area contributed by atoms with Crippen molar-refractivity contribution in [3.05, 3.63) is 16.6 Å². The third-order valence-corrected chi connectivity index (χ3v) is 1.81. The smallest absolute Gasteiger partial charge is 0.270 e. The van der Waals surface area contributed by atoms with Gasteiger partial charge in [-0.2, -0.15) is 5.10 Å². The largest absolute Gasteiger partial charge is 0.330 e. The van der Waals surface area contributed by atoms with Crippen LogP contribution in [0.15, 0.2) is 16.1 Å². The van der Waals surface area contributed by atoms with Crippen LogP contribution in [0.2, 0.25) is 0 Å². The fourth-order valence-corrected chi connectivity index (χ4v) is 1.11. The lowest BCUT2D eigenvalue weighted by Crippen LogP contribution is -2.09. The van der Waals surface area contributed by atoms with Crippen molar-refractivity contribution in [1.82, 2.24) is 15.2 Å². The number of H-pyrrole nitrogens is 1. The number of thioether (sulfide) groups is 1. The number of aromatic amines is 1. The second-order valence-corrected chi connectivity index (χ2v) is 2.86. The maximum atomic E-state index is 10.7. The fraction of sp³-hybridized carbons (Fsp3) is 0.400. The molecule has 1 rings (SSSR count). The molecule has 0 unspecified atom stereocenters. The summed E-state index contributed by atoms with van der Waals surface area (Å²) in [5.41, 5.74) is 5.02. The van der Waals surface area contributed by atoms with Gasteiger partial charge in [0.1, 0.15) is 6.20 Å².